The molecule has 18 heavy (non-hydrogen) atoms. The van der Waals surface area contributed by atoms with E-state index in [-0.39, 0.29) is 17.1 Å². The molecule has 0 aliphatic rings. The Morgan fingerprint density at radius 1 is 1.67 bits per heavy atom. The van der Waals surface area contributed by atoms with Gasteiger partial charge in [-0.05, 0) is 0 Å². The van der Waals surface area contributed by atoms with Gasteiger partial charge in [-0.25, -0.2) is 9.78 Å². The summed E-state index contributed by atoms with van der Waals surface area (Å²) in [5, 5.41) is 19.7. The molecule has 8 nitrogen and oxygen atoms in total. The summed E-state index contributed by atoms with van der Waals surface area (Å²) in [6, 6.07) is 0.994. The number of nitrogens with zero attached hydrogens (tertiary/aromatic N) is 3. The summed E-state index contributed by atoms with van der Waals surface area (Å²) in [6.45, 7) is 0.798. The van der Waals surface area contributed by atoms with Gasteiger partial charge in [0.25, 0.3) is 0 Å². The maximum absolute atomic E-state index is 10.9. The highest BCUT2D eigenvalue weighted by molar-refractivity contribution is 5.88. The van der Waals surface area contributed by atoms with E-state index in [0.29, 0.717) is 13.2 Å². The normalized spacial score (nSPS) is 10.1. The molecule has 0 fully saturated rings. The summed E-state index contributed by atoms with van der Waals surface area (Å²) in [5.41, 5.74) is -0.556. The second-order valence-electron chi connectivity index (χ2n) is 3.54. The van der Waals surface area contributed by atoms with E-state index >= 15 is 0 Å². The molecule has 0 amide bonds. The molecule has 0 saturated carbocycles. The predicted molar refractivity (Wildman–Crippen MR) is 63.0 cm³/mol. The fourth-order valence-corrected chi connectivity index (χ4v) is 1.33. The van der Waals surface area contributed by atoms with Crippen LogP contribution in [-0.4, -0.2) is 48.3 Å². The third kappa shape index (κ3) is 3.14. The molecular formula is C10H13N3O5. The van der Waals surface area contributed by atoms with Crippen LogP contribution in [0.25, 0.3) is 0 Å². The van der Waals surface area contributed by atoms with Crippen molar-refractivity contribution in [2.75, 3.05) is 32.2 Å². The van der Waals surface area contributed by atoms with Gasteiger partial charge in [-0.2, -0.15) is 0 Å². The number of aromatic nitrogens is 1. The quantitative estimate of drug-likeness (QED) is 0.591. The van der Waals surface area contributed by atoms with Crippen LogP contribution in [0.15, 0.2) is 12.3 Å². The average molecular weight is 255 g/mol. The van der Waals surface area contributed by atoms with E-state index in [1.807, 2.05) is 0 Å². The van der Waals surface area contributed by atoms with Crippen LogP contribution in [0.1, 0.15) is 10.4 Å². The van der Waals surface area contributed by atoms with E-state index in [1.54, 1.807) is 7.05 Å². The second kappa shape index (κ2) is 5.92. The lowest BCUT2D eigenvalue weighted by Crippen LogP contribution is -2.24. The highest BCUT2D eigenvalue weighted by atomic mass is 16.6. The lowest BCUT2D eigenvalue weighted by molar-refractivity contribution is -0.384. The third-order valence-electron chi connectivity index (χ3n) is 2.28. The first kappa shape index (κ1) is 13.8. The van der Waals surface area contributed by atoms with E-state index in [9.17, 15) is 14.9 Å². The molecule has 1 aromatic heterocycles. The molecule has 8 heteroatoms. The number of carboxylic acid groups (broad SMARTS) is 1. The smallest absolute Gasteiger partial charge is 0.337 e. The minimum absolute atomic E-state index is 0.113. The Balaban J connectivity index is 3.11. The monoisotopic (exact) mass is 255 g/mol. The number of ether oxygens (including phenoxy) is 1. The molecule has 1 aromatic rings. The summed E-state index contributed by atoms with van der Waals surface area (Å²) < 4.78 is 4.86. The van der Waals surface area contributed by atoms with Crippen LogP contribution in [0.4, 0.5) is 11.5 Å². The second-order valence-corrected chi connectivity index (χ2v) is 3.54. The van der Waals surface area contributed by atoms with Crippen molar-refractivity contribution >= 4 is 17.5 Å². The first-order valence-corrected chi connectivity index (χ1v) is 5.05. The molecular weight excluding hydrogens is 242 g/mol. The van der Waals surface area contributed by atoms with Crippen LogP contribution >= 0.6 is 0 Å². The Morgan fingerprint density at radius 2 is 2.33 bits per heavy atom. The van der Waals surface area contributed by atoms with E-state index in [2.05, 4.69) is 4.98 Å². The number of aromatic carboxylic acids is 1. The number of rotatable bonds is 6. The van der Waals surface area contributed by atoms with Crippen LogP contribution < -0.4 is 4.90 Å². The number of nitro groups is 1. The first-order valence-electron chi connectivity index (χ1n) is 5.05. The van der Waals surface area contributed by atoms with Crippen molar-refractivity contribution in [3.05, 3.63) is 27.9 Å². The molecule has 98 valence electrons. The van der Waals surface area contributed by atoms with Crippen molar-refractivity contribution in [1.82, 2.24) is 4.98 Å². The molecule has 0 atom stereocenters. The Hall–Kier alpha value is -2.22. The minimum Gasteiger partial charge on any atom is -0.478 e. The number of methoxy groups -OCH3 is 1. The van der Waals surface area contributed by atoms with Gasteiger partial charge in [0, 0.05) is 33.0 Å². The lowest BCUT2D eigenvalue weighted by atomic mass is 10.2. The highest BCUT2D eigenvalue weighted by Gasteiger charge is 2.21. The van der Waals surface area contributed by atoms with Crippen LogP contribution in [0.2, 0.25) is 0 Å². The van der Waals surface area contributed by atoms with Gasteiger partial charge in [0.15, 0.2) is 0 Å². The summed E-state index contributed by atoms with van der Waals surface area (Å²) in [7, 11) is 3.14. The van der Waals surface area contributed by atoms with Crippen molar-refractivity contribution < 1.29 is 19.6 Å². The van der Waals surface area contributed by atoms with E-state index in [0.717, 1.165) is 12.3 Å². The fraction of sp³-hybridized carbons (Fsp3) is 0.400. The van der Waals surface area contributed by atoms with Gasteiger partial charge in [0.1, 0.15) is 0 Å². The average Bonchev–Trinajstić information content (AvgIpc) is 2.34. The number of hydrogen-bond donors (Lipinski definition) is 1. The van der Waals surface area contributed by atoms with Crippen molar-refractivity contribution in [3.8, 4) is 0 Å². The van der Waals surface area contributed by atoms with Crippen molar-refractivity contribution in [1.29, 1.82) is 0 Å². The Kier molecular flexibility index (Phi) is 4.55. The van der Waals surface area contributed by atoms with E-state index < -0.39 is 10.9 Å². The van der Waals surface area contributed by atoms with Gasteiger partial charge in [-0.1, -0.05) is 0 Å². The van der Waals surface area contributed by atoms with Crippen molar-refractivity contribution in [3.63, 3.8) is 0 Å². The van der Waals surface area contributed by atoms with E-state index in [4.69, 9.17) is 9.84 Å². The zero-order chi connectivity index (χ0) is 13.7. The van der Waals surface area contributed by atoms with Gasteiger partial charge in [0.05, 0.1) is 17.1 Å². The number of pyridine rings is 1. The molecule has 0 unspecified atom stereocenters. The summed E-state index contributed by atoms with van der Waals surface area (Å²) in [6.07, 6.45) is 1.09. The van der Waals surface area contributed by atoms with Gasteiger partial charge in [-0.15, -0.1) is 0 Å². The number of anilines is 1. The molecule has 0 radical (unpaired) electrons. The number of carbonyl (C=O) groups is 1. The Labute approximate surface area is 103 Å². The van der Waals surface area contributed by atoms with Gasteiger partial charge >= 0.3 is 11.7 Å². The zero-order valence-corrected chi connectivity index (χ0v) is 9.99. The summed E-state index contributed by atoms with van der Waals surface area (Å²) in [5.74, 6) is -1.14. The van der Waals surface area contributed by atoms with Crippen molar-refractivity contribution in [2.45, 2.75) is 0 Å². The van der Waals surface area contributed by atoms with Crippen LogP contribution in [0.5, 0.6) is 0 Å². The summed E-state index contributed by atoms with van der Waals surface area (Å²) >= 11 is 0. The minimum atomic E-state index is -1.25. The Bertz CT molecular complexity index is 463. The maximum atomic E-state index is 10.9. The molecule has 1 heterocycles. The first-order chi connectivity index (χ1) is 8.47. The number of hydrogen-bond acceptors (Lipinski definition) is 6. The molecule has 0 aliphatic heterocycles. The number of likely N-dealkylation sites (N-methyl/N-ethyl adjacent to an activating group) is 1. The van der Waals surface area contributed by atoms with Crippen LogP contribution in [0.3, 0.4) is 0 Å². The molecule has 0 aromatic carbocycles. The lowest BCUT2D eigenvalue weighted by Gasteiger charge is -2.17. The van der Waals surface area contributed by atoms with Gasteiger partial charge in [0.2, 0.25) is 5.82 Å². The predicted octanol–water partition coefficient (Wildman–Crippen LogP) is 0.771. The molecule has 0 bridgehead atoms. The van der Waals surface area contributed by atoms with Crippen LogP contribution in [-0.2, 0) is 4.74 Å². The molecule has 0 saturated heterocycles. The van der Waals surface area contributed by atoms with Gasteiger partial charge in [-0.3, -0.25) is 10.1 Å². The largest absolute Gasteiger partial charge is 0.478 e. The zero-order valence-electron chi connectivity index (χ0n) is 9.99. The van der Waals surface area contributed by atoms with Crippen molar-refractivity contribution in [2.24, 2.45) is 0 Å². The summed E-state index contributed by atoms with van der Waals surface area (Å²) in [4.78, 5) is 26.3. The SMILES string of the molecule is COCCN(C)c1ncc(C(=O)O)cc1[N+](=O)[O-]. The molecule has 0 spiro atoms. The third-order valence-corrected chi connectivity index (χ3v) is 2.28. The fourth-order valence-electron chi connectivity index (χ4n) is 1.33. The Morgan fingerprint density at radius 3 is 2.83 bits per heavy atom. The standard InChI is InChI=1S/C10H13N3O5/c1-12(3-4-18-2)9-8(13(16)17)5-7(6-11-9)10(14)15/h5-6H,3-4H2,1-2H3,(H,14,15). The highest BCUT2D eigenvalue weighted by Crippen LogP contribution is 2.25. The molecule has 0 aliphatic carbocycles. The molecule has 1 rings (SSSR count). The van der Waals surface area contributed by atoms with Gasteiger partial charge < -0.3 is 14.7 Å². The maximum Gasteiger partial charge on any atom is 0.337 e. The number of carboxylic acids is 1. The molecule has 1 N–H and O–H groups in total. The topological polar surface area (TPSA) is 106 Å². The van der Waals surface area contributed by atoms with Crippen LogP contribution in [0, 0.1) is 10.1 Å². The van der Waals surface area contributed by atoms with E-state index in [1.165, 1.54) is 12.0 Å².